The smallest absolute Gasteiger partial charge is 0.416 e. The number of carbonyl (C=O) groups is 3. The monoisotopic (exact) mass is 547 g/mol. The van der Waals surface area contributed by atoms with E-state index in [-0.39, 0.29) is 36.3 Å². The lowest BCUT2D eigenvalue weighted by Gasteiger charge is -2.32. The molecule has 9 heteroatoms. The van der Waals surface area contributed by atoms with Crippen LogP contribution in [0.25, 0.3) is 0 Å². The third-order valence-corrected chi connectivity index (χ3v) is 7.79. The number of nitrogens with zero attached hydrogens (tertiary/aromatic N) is 2. The molecule has 1 aliphatic heterocycles. The Kier molecular flexibility index (Phi) is 9.25. The predicted octanol–water partition coefficient (Wildman–Crippen LogP) is 4.02. The highest BCUT2D eigenvalue weighted by molar-refractivity contribution is 6.08. The van der Waals surface area contributed by atoms with Gasteiger partial charge in [0.25, 0.3) is 5.91 Å². The zero-order valence-electron chi connectivity index (χ0n) is 23.6. The van der Waals surface area contributed by atoms with Gasteiger partial charge in [-0.25, -0.2) is 9.69 Å². The van der Waals surface area contributed by atoms with Crippen molar-refractivity contribution in [2.75, 3.05) is 13.7 Å². The second kappa shape index (κ2) is 12.6. The molecule has 3 amide bonds. The molecule has 1 saturated carbocycles. The molecule has 40 heavy (non-hydrogen) atoms. The Bertz CT molecular complexity index is 1200. The number of hydrogen-bond acceptors (Lipinski definition) is 6. The van der Waals surface area contributed by atoms with Gasteiger partial charge in [0.15, 0.2) is 5.96 Å². The van der Waals surface area contributed by atoms with Gasteiger partial charge < -0.3 is 15.8 Å². The zero-order valence-corrected chi connectivity index (χ0v) is 23.6. The number of carbonyl (C=O) groups excluding carboxylic acids is 3. The summed E-state index contributed by atoms with van der Waals surface area (Å²) in [5.74, 6) is 0.00507. The van der Waals surface area contributed by atoms with Crippen LogP contribution in [-0.4, -0.2) is 59.4 Å². The minimum atomic E-state index is -0.988. The van der Waals surface area contributed by atoms with Gasteiger partial charge in [-0.1, -0.05) is 74.5 Å². The van der Waals surface area contributed by atoms with E-state index in [1.54, 1.807) is 4.90 Å². The van der Waals surface area contributed by atoms with Crippen molar-refractivity contribution in [2.45, 2.75) is 70.0 Å². The van der Waals surface area contributed by atoms with E-state index in [0.717, 1.165) is 28.9 Å². The Balaban J connectivity index is 1.48. The number of benzene rings is 2. The molecule has 1 heterocycles. The van der Waals surface area contributed by atoms with Crippen molar-refractivity contribution in [1.29, 1.82) is 5.41 Å². The van der Waals surface area contributed by atoms with Crippen LogP contribution in [0.5, 0.6) is 0 Å². The second-order valence-electron chi connectivity index (χ2n) is 11.3. The van der Waals surface area contributed by atoms with E-state index in [1.807, 2.05) is 60.7 Å². The maximum Gasteiger partial charge on any atom is 0.416 e. The Morgan fingerprint density at radius 3 is 2.33 bits per heavy atom. The first-order chi connectivity index (χ1) is 19.2. The summed E-state index contributed by atoms with van der Waals surface area (Å²) in [5.41, 5.74) is 6.98. The minimum Gasteiger partial charge on any atom is -0.452 e. The molecule has 2 unspecified atom stereocenters. The molecule has 9 nitrogen and oxygen atoms in total. The summed E-state index contributed by atoms with van der Waals surface area (Å²) in [4.78, 5) is 42.6. The Morgan fingerprint density at radius 1 is 1.12 bits per heavy atom. The fourth-order valence-corrected chi connectivity index (χ4v) is 5.80. The summed E-state index contributed by atoms with van der Waals surface area (Å²) in [6.07, 6.45) is 3.08. The maximum absolute atomic E-state index is 14.1. The average molecular weight is 548 g/mol. The predicted molar refractivity (Wildman–Crippen MR) is 153 cm³/mol. The maximum atomic E-state index is 14.1. The van der Waals surface area contributed by atoms with E-state index in [9.17, 15) is 14.4 Å². The number of ether oxygens (including phenoxy) is 1. The zero-order chi connectivity index (χ0) is 28.9. The van der Waals surface area contributed by atoms with E-state index in [4.69, 9.17) is 15.9 Å². The molecule has 0 aromatic heterocycles. The van der Waals surface area contributed by atoms with Crippen LogP contribution in [0.2, 0.25) is 0 Å². The summed E-state index contributed by atoms with van der Waals surface area (Å²) >= 11 is 0. The van der Waals surface area contributed by atoms with Gasteiger partial charge in [-0.2, -0.15) is 0 Å². The largest absolute Gasteiger partial charge is 0.452 e. The van der Waals surface area contributed by atoms with Crippen LogP contribution in [-0.2, 0) is 26.3 Å². The van der Waals surface area contributed by atoms with Crippen LogP contribution in [0.4, 0.5) is 4.79 Å². The molecule has 4 N–H and O–H groups in total. The van der Waals surface area contributed by atoms with Crippen molar-refractivity contribution >= 4 is 23.9 Å². The molecule has 0 bridgehead atoms. The number of imide groups is 1. The number of methoxy groups -OCH3 is 1. The molecule has 1 aliphatic carbocycles. The Labute approximate surface area is 236 Å². The van der Waals surface area contributed by atoms with Crippen LogP contribution in [0.1, 0.15) is 57.1 Å². The van der Waals surface area contributed by atoms with Gasteiger partial charge in [-0.3, -0.25) is 19.9 Å². The Hall–Kier alpha value is -3.72. The lowest BCUT2D eigenvalue weighted by Crippen LogP contribution is -2.49. The molecule has 2 aliphatic rings. The van der Waals surface area contributed by atoms with Crippen LogP contribution in [0.15, 0.2) is 60.7 Å². The molecule has 3 atom stereocenters. The summed E-state index contributed by atoms with van der Waals surface area (Å²) in [6.45, 7) is 4.27. The molecule has 2 aromatic carbocycles. The number of rotatable bonds is 12. The Morgan fingerprint density at radius 2 is 1.75 bits per heavy atom. The van der Waals surface area contributed by atoms with Crippen molar-refractivity contribution in [1.82, 2.24) is 15.1 Å². The molecular weight excluding hydrogens is 506 g/mol. The number of guanidine groups is 1. The van der Waals surface area contributed by atoms with Crippen LogP contribution in [0, 0.1) is 17.2 Å². The van der Waals surface area contributed by atoms with Crippen molar-refractivity contribution in [3.63, 3.8) is 0 Å². The fraction of sp³-hybridized carbons (Fsp3) is 0.484. The minimum absolute atomic E-state index is 0.109. The lowest BCUT2D eigenvalue weighted by molar-refractivity contribution is -0.134. The van der Waals surface area contributed by atoms with Crippen molar-refractivity contribution in [2.24, 2.45) is 17.6 Å². The van der Waals surface area contributed by atoms with Gasteiger partial charge in [0, 0.05) is 12.6 Å². The highest BCUT2D eigenvalue weighted by atomic mass is 16.5. The quantitative estimate of drug-likeness (QED) is 0.368. The number of nitrogens with one attached hydrogen (secondary N) is 2. The molecule has 2 fully saturated rings. The molecule has 0 radical (unpaired) electrons. The van der Waals surface area contributed by atoms with Gasteiger partial charge in [-0.05, 0) is 61.5 Å². The molecular formula is C31H41N5O4. The topological polar surface area (TPSA) is 129 Å². The van der Waals surface area contributed by atoms with Crippen molar-refractivity contribution in [3.8, 4) is 0 Å². The third-order valence-electron chi connectivity index (χ3n) is 7.79. The first kappa shape index (κ1) is 29.3. The molecule has 4 rings (SSSR count). The molecule has 2 aromatic rings. The number of hydrogen-bond donors (Lipinski definition) is 3. The first-order valence-corrected chi connectivity index (χ1v) is 14.1. The highest BCUT2D eigenvalue weighted by Crippen LogP contribution is 2.42. The summed E-state index contributed by atoms with van der Waals surface area (Å²) in [5, 5.41) is 12.1. The lowest BCUT2D eigenvalue weighted by atomic mass is 9.82. The summed E-state index contributed by atoms with van der Waals surface area (Å²) in [6, 6.07) is 18.0. The van der Waals surface area contributed by atoms with E-state index < -0.39 is 23.6 Å². The highest BCUT2D eigenvalue weighted by Gasteiger charge is 2.54. The third kappa shape index (κ3) is 6.36. The number of amides is 3. The van der Waals surface area contributed by atoms with Crippen molar-refractivity contribution < 1.29 is 19.1 Å². The molecule has 1 saturated heterocycles. The van der Waals surface area contributed by atoms with Gasteiger partial charge in [0.1, 0.15) is 5.54 Å². The first-order valence-electron chi connectivity index (χ1n) is 14.1. The second-order valence-corrected chi connectivity index (χ2v) is 11.3. The fourth-order valence-electron chi connectivity index (χ4n) is 5.80. The van der Waals surface area contributed by atoms with Gasteiger partial charge in [0.2, 0.25) is 5.91 Å². The van der Waals surface area contributed by atoms with Crippen LogP contribution in [0.3, 0.4) is 0 Å². The van der Waals surface area contributed by atoms with Crippen LogP contribution < -0.4 is 11.1 Å². The summed E-state index contributed by atoms with van der Waals surface area (Å²) in [7, 11) is 1.24. The van der Waals surface area contributed by atoms with Gasteiger partial charge >= 0.3 is 6.09 Å². The number of nitrogens with two attached hydrogens (primary N) is 1. The normalized spacial score (nSPS) is 20.3. The van der Waals surface area contributed by atoms with E-state index >= 15 is 0 Å². The van der Waals surface area contributed by atoms with Gasteiger partial charge in [0.05, 0.1) is 13.2 Å². The SMILES string of the molecule is COC(=O)N(CCCC(C1CC1)N1C(=N)NC(CC(C)C)(c2ccccc2)C1=O)C(=O)[C@@H](N)Cc1ccccc1. The van der Waals surface area contributed by atoms with E-state index in [1.165, 1.54) is 7.11 Å². The molecule has 214 valence electrons. The standard InChI is InChI=1S/C31H41N5O4/c1-21(2)20-31(24-13-8-5-9-14-24)28(38)36(29(33)34-31)26(23-16-17-23)15-10-18-35(30(39)40-3)27(37)25(32)19-22-11-6-4-7-12-22/h4-9,11-14,21,23,25-26H,10,15-20,32H2,1-3H3,(H2,33,34)/t25-,26?,31?/m0/s1. The van der Waals surface area contributed by atoms with Crippen LogP contribution >= 0.6 is 0 Å². The van der Waals surface area contributed by atoms with E-state index in [2.05, 4.69) is 19.2 Å². The average Bonchev–Trinajstić information content (AvgIpc) is 3.76. The van der Waals surface area contributed by atoms with Gasteiger partial charge in [-0.15, -0.1) is 0 Å². The van der Waals surface area contributed by atoms with Crippen molar-refractivity contribution in [3.05, 3.63) is 71.8 Å². The molecule has 0 spiro atoms. The van der Waals surface area contributed by atoms with E-state index in [0.29, 0.717) is 25.7 Å². The summed E-state index contributed by atoms with van der Waals surface area (Å²) < 4.78 is 4.90.